The third-order valence-electron chi connectivity index (χ3n) is 5.69. The van der Waals surface area contributed by atoms with E-state index in [1.165, 1.54) is 40.0 Å². The molecule has 1 unspecified atom stereocenters. The van der Waals surface area contributed by atoms with Crippen LogP contribution in [0.4, 0.5) is 5.00 Å². The number of anilines is 1. The minimum atomic E-state index is -0.489. The first kappa shape index (κ1) is 20.7. The molecule has 5 rings (SSSR count). The molecule has 7 nitrogen and oxygen atoms in total. The Morgan fingerprint density at radius 3 is 2.97 bits per heavy atom. The zero-order chi connectivity index (χ0) is 21.5. The zero-order valence-corrected chi connectivity index (χ0v) is 19.5. The number of nitrogens with zero attached hydrogens (tertiary/aromatic N) is 2. The number of carbonyl (C=O) groups is 2. The van der Waals surface area contributed by atoms with E-state index in [0.29, 0.717) is 27.6 Å². The van der Waals surface area contributed by atoms with Crippen LogP contribution in [0.1, 0.15) is 51.0 Å². The van der Waals surface area contributed by atoms with Gasteiger partial charge >= 0.3 is 0 Å². The fourth-order valence-corrected chi connectivity index (χ4v) is 7.23. The maximum Gasteiger partial charge on any atom is 0.277 e. The Labute approximate surface area is 191 Å². The Morgan fingerprint density at radius 2 is 2.13 bits per heavy atom. The molecular weight excluding hydrogens is 452 g/mol. The minimum Gasteiger partial charge on any atom is -0.410 e. The summed E-state index contributed by atoms with van der Waals surface area (Å²) >= 11 is 4.35. The number of hydrogen-bond acceptors (Lipinski definition) is 8. The Balaban J connectivity index is 1.22. The van der Waals surface area contributed by atoms with Gasteiger partial charge in [0.1, 0.15) is 5.00 Å². The Kier molecular flexibility index (Phi) is 5.61. The van der Waals surface area contributed by atoms with Crippen molar-refractivity contribution in [1.29, 1.82) is 0 Å². The lowest BCUT2D eigenvalue weighted by atomic mass is 9.90. The molecule has 10 heteroatoms. The number of thioether (sulfide) groups is 1. The number of carbonyl (C=O) groups excluding carboxylic acids is 2. The summed E-state index contributed by atoms with van der Waals surface area (Å²) in [6, 6.07) is 2.16. The number of primary amides is 1. The first-order valence-electron chi connectivity index (χ1n) is 10.3. The van der Waals surface area contributed by atoms with Crippen molar-refractivity contribution in [2.24, 2.45) is 11.7 Å². The van der Waals surface area contributed by atoms with E-state index in [2.05, 4.69) is 28.5 Å². The molecule has 0 aliphatic heterocycles. The number of nitrogens with one attached hydrogen (secondary N) is 1. The SMILES string of the molecule is CC1CCc2sc(-c3nnc(SCC(=O)Nc4sc5c(c4C(N)=O)CCC5)o3)cc2C1. The molecule has 3 aromatic rings. The second kappa shape index (κ2) is 8.40. The van der Waals surface area contributed by atoms with Crippen LogP contribution in [-0.2, 0) is 30.5 Å². The van der Waals surface area contributed by atoms with Crippen LogP contribution in [0, 0.1) is 5.92 Å². The first-order valence-corrected chi connectivity index (χ1v) is 12.9. The van der Waals surface area contributed by atoms with Crippen LogP contribution in [0.15, 0.2) is 15.7 Å². The summed E-state index contributed by atoms with van der Waals surface area (Å²) in [5, 5.41) is 12.0. The predicted molar refractivity (Wildman–Crippen MR) is 123 cm³/mol. The van der Waals surface area contributed by atoms with Crippen LogP contribution in [0.2, 0.25) is 0 Å². The van der Waals surface area contributed by atoms with Gasteiger partial charge in [0.2, 0.25) is 5.91 Å². The molecule has 2 aliphatic rings. The minimum absolute atomic E-state index is 0.112. The van der Waals surface area contributed by atoms with Gasteiger partial charge in [0.15, 0.2) is 0 Å². The van der Waals surface area contributed by atoms with Crippen molar-refractivity contribution in [3.8, 4) is 10.8 Å². The molecule has 0 radical (unpaired) electrons. The lowest BCUT2D eigenvalue weighted by Gasteiger charge is -2.16. The van der Waals surface area contributed by atoms with Crippen LogP contribution in [0.3, 0.4) is 0 Å². The number of aryl methyl sites for hydroxylation is 2. The van der Waals surface area contributed by atoms with Gasteiger partial charge in [-0.3, -0.25) is 9.59 Å². The second-order valence-corrected chi connectivity index (χ2v) is 11.2. The quantitative estimate of drug-likeness (QED) is 0.515. The van der Waals surface area contributed by atoms with Gasteiger partial charge in [0.25, 0.3) is 17.0 Å². The maximum atomic E-state index is 12.5. The van der Waals surface area contributed by atoms with E-state index in [1.54, 1.807) is 11.3 Å². The van der Waals surface area contributed by atoms with Crippen LogP contribution in [-0.4, -0.2) is 27.8 Å². The second-order valence-electron chi connectivity index (χ2n) is 8.04. The molecule has 0 saturated heterocycles. The highest BCUT2D eigenvalue weighted by molar-refractivity contribution is 7.99. The van der Waals surface area contributed by atoms with E-state index in [9.17, 15) is 9.59 Å². The van der Waals surface area contributed by atoms with Crippen LogP contribution in [0.25, 0.3) is 10.8 Å². The molecule has 162 valence electrons. The number of rotatable bonds is 6. The molecule has 0 spiro atoms. The standard InChI is InChI=1S/C21H22N4O3S3/c1-10-5-6-13-11(7-10)8-15(30-13)19-24-25-21(28-19)29-9-16(26)23-20-17(18(22)27)12-3-2-4-14(12)31-20/h8,10H,2-7,9H2,1H3,(H2,22,27)(H,23,26). The summed E-state index contributed by atoms with van der Waals surface area (Å²) in [5.41, 5.74) is 8.40. The lowest BCUT2D eigenvalue weighted by Crippen LogP contribution is -2.18. The highest BCUT2D eigenvalue weighted by Crippen LogP contribution is 2.39. The zero-order valence-electron chi connectivity index (χ0n) is 17.0. The van der Waals surface area contributed by atoms with Crippen molar-refractivity contribution < 1.29 is 14.0 Å². The first-order chi connectivity index (χ1) is 15.0. The Hall–Kier alpha value is -2.17. The molecule has 3 heterocycles. The molecule has 31 heavy (non-hydrogen) atoms. The average molecular weight is 475 g/mol. The van der Waals surface area contributed by atoms with Crippen molar-refractivity contribution in [1.82, 2.24) is 10.2 Å². The van der Waals surface area contributed by atoms with Crippen molar-refractivity contribution >= 4 is 51.3 Å². The summed E-state index contributed by atoms with van der Waals surface area (Å²) < 4.78 is 5.79. The molecule has 3 N–H and O–H groups in total. The number of hydrogen-bond donors (Lipinski definition) is 2. The molecule has 1 atom stereocenters. The van der Waals surface area contributed by atoms with E-state index in [4.69, 9.17) is 10.2 Å². The topological polar surface area (TPSA) is 111 Å². The molecular formula is C21H22N4O3S3. The third kappa shape index (κ3) is 4.16. The molecule has 0 fully saturated rings. The Morgan fingerprint density at radius 1 is 1.26 bits per heavy atom. The van der Waals surface area contributed by atoms with E-state index >= 15 is 0 Å². The van der Waals surface area contributed by atoms with Gasteiger partial charge in [-0.05, 0) is 61.6 Å². The summed E-state index contributed by atoms with van der Waals surface area (Å²) in [5.74, 6) is 0.605. The smallest absolute Gasteiger partial charge is 0.277 e. The molecule has 0 saturated carbocycles. The number of aromatic nitrogens is 2. The van der Waals surface area contributed by atoms with E-state index in [0.717, 1.165) is 47.4 Å². The van der Waals surface area contributed by atoms with E-state index in [1.807, 2.05) is 0 Å². The summed E-state index contributed by atoms with van der Waals surface area (Å²) in [6.45, 7) is 2.28. The van der Waals surface area contributed by atoms with Gasteiger partial charge in [-0.2, -0.15) is 0 Å². The van der Waals surface area contributed by atoms with Crippen molar-refractivity contribution in [2.75, 3.05) is 11.1 Å². The number of nitrogens with two attached hydrogens (primary N) is 1. The van der Waals surface area contributed by atoms with Gasteiger partial charge in [0.05, 0.1) is 16.2 Å². The molecule has 2 aliphatic carbocycles. The fourth-order valence-electron chi connectivity index (χ4n) is 4.22. The van der Waals surface area contributed by atoms with Crippen molar-refractivity contribution in [2.45, 2.75) is 50.7 Å². The number of amides is 2. The maximum absolute atomic E-state index is 12.5. The van der Waals surface area contributed by atoms with Crippen LogP contribution in [0.5, 0.6) is 0 Å². The monoisotopic (exact) mass is 474 g/mol. The molecule has 3 aromatic heterocycles. The van der Waals surface area contributed by atoms with Gasteiger partial charge in [-0.15, -0.1) is 32.9 Å². The van der Waals surface area contributed by atoms with Crippen molar-refractivity contribution in [3.63, 3.8) is 0 Å². The number of thiophene rings is 2. The van der Waals surface area contributed by atoms with Gasteiger partial charge in [-0.1, -0.05) is 18.7 Å². The van der Waals surface area contributed by atoms with Crippen LogP contribution >= 0.6 is 34.4 Å². The normalized spacial score (nSPS) is 17.4. The molecule has 0 aromatic carbocycles. The molecule has 0 bridgehead atoms. The Bertz CT molecular complexity index is 1160. The largest absolute Gasteiger partial charge is 0.410 e. The third-order valence-corrected chi connectivity index (χ3v) is 8.94. The van der Waals surface area contributed by atoms with Crippen molar-refractivity contribution in [3.05, 3.63) is 32.5 Å². The highest BCUT2D eigenvalue weighted by Gasteiger charge is 2.26. The van der Waals surface area contributed by atoms with Gasteiger partial charge in [-0.25, -0.2) is 0 Å². The highest BCUT2D eigenvalue weighted by atomic mass is 32.2. The van der Waals surface area contributed by atoms with Gasteiger partial charge < -0.3 is 15.5 Å². The average Bonchev–Trinajstić information content (AvgIpc) is 3.48. The molecule has 2 amide bonds. The number of fused-ring (bicyclic) bond motifs is 2. The fraction of sp³-hybridized carbons (Fsp3) is 0.429. The lowest BCUT2D eigenvalue weighted by molar-refractivity contribution is -0.113. The van der Waals surface area contributed by atoms with Gasteiger partial charge in [0, 0.05) is 9.75 Å². The summed E-state index contributed by atoms with van der Waals surface area (Å²) in [4.78, 5) is 27.9. The van der Waals surface area contributed by atoms with Crippen LogP contribution < -0.4 is 11.1 Å². The summed E-state index contributed by atoms with van der Waals surface area (Å²) in [7, 11) is 0. The van der Waals surface area contributed by atoms with E-state index in [-0.39, 0.29) is 11.7 Å². The van der Waals surface area contributed by atoms with E-state index < -0.39 is 5.91 Å². The summed E-state index contributed by atoms with van der Waals surface area (Å²) in [6.07, 6.45) is 6.22. The predicted octanol–water partition coefficient (Wildman–Crippen LogP) is 4.30.